The Hall–Kier alpha value is -2.59. The van der Waals surface area contributed by atoms with Gasteiger partial charge in [-0.05, 0) is 69.5 Å². The lowest BCUT2D eigenvalue weighted by molar-refractivity contribution is -0.112. The number of benzene rings is 3. The average molecular weight is 547 g/mol. The number of nitrogens with zero attached hydrogens (tertiary/aromatic N) is 1. The van der Waals surface area contributed by atoms with Crippen molar-refractivity contribution in [2.24, 2.45) is 0 Å². The largest absolute Gasteiger partial charge is 0.486 e. The van der Waals surface area contributed by atoms with Crippen LogP contribution in [-0.4, -0.2) is 5.91 Å². The van der Waals surface area contributed by atoms with Crippen LogP contribution in [0.3, 0.4) is 0 Å². The van der Waals surface area contributed by atoms with Gasteiger partial charge < -0.3 is 10.1 Å². The second-order valence-electron chi connectivity index (χ2n) is 6.22. The molecule has 4 nitrogen and oxygen atoms in total. The van der Waals surface area contributed by atoms with Crippen LogP contribution in [0.1, 0.15) is 11.1 Å². The first kappa shape index (κ1) is 22.1. The van der Waals surface area contributed by atoms with Crippen LogP contribution >= 0.6 is 43.5 Å². The number of carbonyl (C=O) groups excluding carboxylic acids is 1. The summed E-state index contributed by atoms with van der Waals surface area (Å²) in [5.74, 6) is -0.00418. The molecule has 150 valence electrons. The van der Waals surface area contributed by atoms with E-state index in [0.29, 0.717) is 33.1 Å². The fraction of sp³-hybridized carbons (Fsp3) is 0.0435. The molecule has 0 atom stereocenters. The second kappa shape index (κ2) is 10.4. The summed E-state index contributed by atoms with van der Waals surface area (Å²) in [7, 11) is 0. The molecule has 3 aromatic carbocycles. The number of rotatable bonds is 6. The summed E-state index contributed by atoms with van der Waals surface area (Å²) in [5.41, 5.74) is 2.17. The molecule has 1 amide bonds. The highest BCUT2D eigenvalue weighted by Crippen LogP contribution is 2.35. The predicted molar refractivity (Wildman–Crippen MR) is 126 cm³/mol. The molecule has 0 aromatic heterocycles. The summed E-state index contributed by atoms with van der Waals surface area (Å²) >= 11 is 13.2. The predicted octanol–water partition coefficient (Wildman–Crippen LogP) is 6.99. The number of hydrogen-bond acceptors (Lipinski definition) is 3. The minimum Gasteiger partial charge on any atom is -0.486 e. The van der Waals surface area contributed by atoms with E-state index in [1.807, 2.05) is 36.4 Å². The van der Waals surface area contributed by atoms with Gasteiger partial charge in [-0.1, -0.05) is 57.9 Å². The van der Waals surface area contributed by atoms with Crippen molar-refractivity contribution in [3.63, 3.8) is 0 Å². The Morgan fingerprint density at radius 1 is 1.10 bits per heavy atom. The number of ether oxygens (including phenoxy) is 1. The minimum absolute atomic E-state index is 0.0367. The summed E-state index contributed by atoms with van der Waals surface area (Å²) in [5, 5.41) is 12.5. The molecule has 3 rings (SSSR count). The van der Waals surface area contributed by atoms with Gasteiger partial charge in [0.1, 0.15) is 18.2 Å². The molecule has 0 fully saturated rings. The topological polar surface area (TPSA) is 62.1 Å². The van der Waals surface area contributed by atoms with Gasteiger partial charge >= 0.3 is 0 Å². The Labute approximate surface area is 196 Å². The van der Waals surface area contributed by atoms with E-state index in [1.165, 1.54) is 6.08 Å². The summed E-state index contributed by atoms with van der Waals surface area (Å²) in [6.45, 7) is 0.351. The third-order valence-electron chi connectivity index (χ3n) is 4.02. The fourth-order valence-electron chi connectivity index (χ4n) is 2.57. The standard InChI is InChI=1S/C23H15Br2ClN2O2/c24-18-8-6-15(7-9-18)14-30-22-20(25)11-16(12-21(22)26)10-17(13-27)23(29)28-19-4-2-1-3-5-19/h1-12H,14H2,(H,28,29). The molecule has 3 aromatic rings. The Bertz CT molecular complexity index is 1100. The second-order valence-corrected chi connectivity index (χ2v) is 8.40. The molecule has 1 N–H and O–H groups in total. The van der Waals surface area contributed by atoms with E-state index in [2.05, 4.69) is 37.2 Å². The van der Waals surface area contributed by atoms with Crippen molar-refractivity contribution in [2.75, 3.05) is 5.32 Å². The van der Waals surface area contributed by atoms with Crippen LogP contribution in [0.4, 0.5) is 5.69 Å². The molecular weight excluding hydrogens is 532 g/mol. The highest BCUT2D eigenvalue weighted by atomic mass is 79.9. The first-order chi connectivity index (χ1) is 14.5. The van der Waals surface area contributed by atoms with Gasteiger partial charge in [0.15, 0.2) is 5.75 Å². The molecule has 0 bridgehead atoms. The Morgan fingerprint density at radius 3 is 2.43 bits per heavy atom. The van der Waals surface area contributed by atoms with E-state index in [9.17, 15) is 10.1 Å². The van der Waals surface area contributed by atoms with Crippen LogP contribution in [0, 0.1) is 11.3 Å². The van der Waals surface area contributed by atoms with Gasteiger partial charge in [0.25, 0.3) is 5.91 Å². The molecule has 30 heavy (non-hydrogen) atoms. The van der Waals surface area contributed by atoms with E-state index in [0.717, 1.165) is 10.0 Å². The van der Waals surface area contributed by atoms with Gasteiger partial charge in [-0.3, -0.25) is 4.79 Å². The van der Waals surface area contributed by atoms with Gasteiger partial charge in [0.05, 0.1) is 9.50 Å². The lowest BCUT2D eigenvalue weighted by atomic mass is 10.1. The molecule has 0 saturated heterocycles. The van der Waals surface area contributed by atoms with E-state index in [4.69, 9.17) is 16.3 Å². The van der Waals surface area contributed by atoms with Crippen molar-refractivity contribution < 1.29 is 9.53 Å². The summed E-state index contributed by atoms with van der Waals surface area (Å²) in [6.07, 6.45) is 1.48. The zero-order chi connectivity index (χ0) is 21.5. The molecule has 0 unspecified atom stereocenters. The molecule has 0 saturated carbocycles. The fourth-order valence-corrected chi connectivity index (χ4v) is 3.83. The monoisotopic (exact) mass is 544 g/mol. The van der Waals surface area contributed by atoms with Crippen LogP contribution in [0.2, 0.25) is 5.02 Å². The number of amides is 1. The highest BCUT2D eigenvalue weighted by molar-refractivity contribution is 9.10. The Morgan fingerprint density at radius 2 is 1.80 bits per heavy atom. The first-order valence-electron chi connectivity index (χ1n) is 8.81. The van der Waals surface area contributed by atoms with E-state index < -0.39 is 5.91 Å². The van der Waals surface area contributed by atoms with Gasteiger partial charge in [-0.15, -0.1) is 0 Å². The summed E-state index contributed by atoms with van der Waals surface area (Å²) < 4.78 is 7.46. The summed E-state index contributed by atoms with van der Waals surface area (Å²) in [6, 6.07) is 22.0. The van der Waals surface area contributed by atoms with Crippen LogP contribution in [0.15, 0.2) is 81.2 Å². The molecular formula is C23H15Br2ClN2O2. The molecule has 7 heteroatoms. The third-order valence-corrected chi connectivity index (χ3v) is 5.42. The number of halogens is 3. The maximum absolute atomic E-state index is 12.4. The molecule has 0 aliphatic heterocycles. The minimum atomic E-state index is -0.494. The van der Waals surface area contributed by atoms with E-state index in [1.54, 1.807) is 36.4 Å². The maximum Gasteiger partial charge on any atom is 0.266 e. The van der Waals surface area contributed by atoms with Gasteiger partial charge in [0, 0.05) is 10.2 Å². The lowest BCUT2D eigenvalue weighted by Gasteiger charge is -2.11. The van der Waals surface area contributed by atoms with E-state index in [-0.39, 0.29) is 5.57 Å². The number of nitriles is 1. The van der Waals surface area contributed by atoms with Gasteiger partial charge in [-0.2, -0.15) is 5.26 Å². The number of carbonyl (C=O) groups is 1. The van der Waals surface area contributed by atoms with Crippen molar-refractivity contribution in [1.29, 1.82) is 5.26 Å². The molecule has 0 aliphatic carbocycles. The van der Waals surface area contributed by atoms with Crippen molar-refractivity contribution >= 4 is 61.1 Å². The first-order valence-corrected chi connectivity index (χ1v) is 10.8. The highest BCUT2D eigenvalue weighted by Gasteiger charge is 2.13. The number of nitrogens with one attached hydrogen (secondary N) is 1. The number of para-hydroxylation sites is 1. The lowest BCUT2D eigenvalue weighted by Crippen LogP contribution is -2.13. The van der Waals surface area contributed by atoms with Gasteiger partial charge in [-0.25, -0.2) is 0 Å². The SMILES string of the molecule is N#CC(=Cc1cc(Cl)c(OCc2ccc(Br)cc2)c(Br)c1)C(=O)Nc1ccccc1. The quantitative estimate of drug-likeness (QED) is 0.268. The smallest absolute Gasteiger partial charge is 0.266 e. The molecule has 0 spiro atoms. The average Bonchev–Trinajstić information content (AvgIpc) is 2.73. The zero-order valence-electron chi connectivity index (χ0n) is 15.5. The summed E-state index contributed by atoms with van der Waals surface area (Å²) in [4.78, 5) is 12.4. The van der Waals surface area contributed by atoms with Crippen LogP contribution < -0.4 is 10.1 Å². The normalized spacial score (nSPS) is 10.9. The van der Waals surface area contributed by atoms with Crippen molar-refractivity contribution in [3.05, 3.63) is 97.4 Å². The van der Waals surface area contributed by atoms with Crippen molar-refractivity contribution in [3.8, 4) is 11.8 Å². The number of hydrogen-bond donors (Lipinski definition) is 1. The van der Waals surface area contributed by atoms with Crippen LogP contribution in [0.25, 0.3) is 6.08 Å². The zero-order valence-corrected chi connectivity index (χ0v) is 19.5. The van der Waals surface area contributed by atoms with Gasteiger partial charge in [0.2, 0.25) is 0 Å². The van der Waals surface area contributed by atoms with Crippen molar-refractivity contribution in [2.45, 2.75) is 6.61 Å². The Balaban J connectivity index is 1.76. The Kier molecular flexibility index (Phi) is 7.69. The molecule has 0 radical (unpaired) electrons. The van der Waals surface area contributed by atoms with Crippen LogP contribution in [0.5, 0.6) is 5.75 Å². The van der Waals surface area contributed by atoms with Crippen LogP contribution in [-0.2, 0) is 11.4 Å². The van der Waals surface area contributed by atoms with Crippen molar-refractivity contribution in [1.82, 2.24) is 0 Å². The number of anilines is 1. The molecule has 0 heterocycles. The molecule has 0 aliphatic rings. The van der Waals surface area contributed by atoms with E-state index >= 15 is 0 Å². The third kappa shape index (κ3) is 5.96. The maximum atomic E-state index is 12.4.